The van der Waals surface area contributed by atoms with E-state index in [-0.39, 0.29) is 41.3 Å². The molecule has 0 bridgehead atoms. The lowest BCUT2D eigenvalue weighted by Crippen LogP contribution is -2.36. The topological polar surface area (TPSA) is 108 Å². The largest absolute Gasteiger partial charge is 0.472 e. The van der Waals surface area contributed by atoms with E-state index in [4.69, 9.17) is 15.2 Å². The van der Waals surface area contributed by atoms with Gasteiger partial charge in [0.25, 0.3) is 5.91 Å². The number of esters is 1. The van der Waals surface area contributed by atoms with Crippen LogP contribution in [0.2, 0.25) is 0 Å². The Bertz CT molecular complexity index is 939. The number of nitrogens with two attached hydrogens (primary N) is 1. The highest BCUT2D eigenvalue weighted by Crippen LogP contribution is 2.35. The van der Waals surface area contributed by atoms with E-state index in [0.717, 1.165) is 31.4 Å². The Kier molecular flexibility index (Phi) is 5.57. The molecule has 8 heteroatoms. The molecular formula is C22H26N4O4. The standard InChI is InChI=1S/C22H26N4O4/c1-13-11-26(22(28)19-20(23)24-12-25-21(19)29-13)17-7-3-15(4-8-17)16-5-9-18(10-6-16)30-14(2)27/h3-4,7-8,12-13,16,18H,5-6,9-11H2,1-2H3,(H2,23,24,25)/t13-,16?,18?/m1/s1. The second-order valence-corrected chi connectivity index (χ2v) is 7.96. The quantitative estimate of drug-likeness (QED) is 0.775. The summed E-state index contributed by atoms with van der Waals surface area (Å²) in [6.45, 7) is 3.74. The molecule has 1 atom stereocenters. The Morgan fingerprint density at radius 3 is 2.53 bits per heavy atom. The highest BCUT2D eigenvalue weighted by molar-refractivity contribution is 6.10. The predicted molar refractivity (Wildman–Crippen MR) is 111 cm³/mol. The van der Waals surface area contributed by atoms with Crippen LogP contribution in [0.3, 0.4) is 0 Å². The van der Waals surface area contributed by atoms with E-state index < -0.39 is 0 Å². The maximum Gasteiger partial charge on any atom is 0.302 e. The molecular weight excluding hydrogens is 384 g/mol. The number of rotatable bonds is 3. The molecule has 1 fully saturated rings. The number of anilines is 2. The minimum Gasteiger partial charge on any atom is -0.472 e. The number of carbonyl (C=O) groups is 2. The molecule has 2 N–H and O–H groups in total. The van der Waals surface area contributed by atoms with Crippen molar-refractivity contribution in [1.29, 1.82) is 0 Å². The van der Waals surface area contributed by atoms with E-state index in [1.807, 2.05) is 19.1 Å². The SMILES string of the molecule is CC(=O)OC1CCC(c2ccc(N3C[C@@H](C)Oc4ncnc(N)c4C3=O)cc2)CC1. The summed E-state index contributed by atoms with van der Waals surface area (Å²) in [6, 6.07) is 8.06. The van der Waals surface area contributed by atoms with Crippen LogP contribution in [0.1, 0.15) is 61.4 Å². The van der Waals surface area contributed by atoms with Crippen molar-refractivity contribution in [2.24, 2.45) is 0 Å². The zero-order chi connectivity index (χ0) is 21.3. The summed E-state index contributed by atoms with van der Waals surface area (Å²) in [5.41, 5.74) is 8.16. The summed E-state index contributed by atoms with van der Waals surface area (Å²) in [5, 5.41) is 0. The van der Waals surface area contributed by atoms with Crippen molar-refractivity contribution >= 4 is 23.4 Å². The van der Waals surface area contributed by atoms with Crippen LogP contribution in [-0.2, 0) is 9.53 Å². The van der Waals surface area contributed by atoms with Gasteiger partial charge >= 0.3 is 5.97 Å². The van der Waals surface area contributed by atoms with Gasteiger partial charge in [-0.2, -0.15) is 0 Å². The van der Waals surface area contributed by atoms with E-state index in [9.17, 15) is 9.59 Å². The second-order valence-electron chi connectivity index (χ2n) is 7.96. The number of nitrogens with zero attached hydrogens (tertiary/aromatic N) is 3. The Hall–Kier alpha value is -3.16. The van der Waals surface area contributed by atoms with Gasteiger partial charge in [0.15, 0.2) is 0 Å². The molecule has 0 radical (unpaired) electrons. The number of fused-ring (bicyclic) bond motifs is 1. The minimum absolute atomic E-state index is 0.0296. The van der Waals surface area contributed by atoms with E-state index in [1.54, 1.807) is 4.90 Å². The number of benzene rings is 1. The van der Waals surface area contributed by atoms with Crippen LogP contribution in [0.15, 0.2) is 30.6 Å². The number of amides is 1. The van der Waals surface area contributed by atoms with Gasteiger partial charge in [0.1, 0.15) is 29.9 Å². The fourth-order valence-electron chi connectivity index (χ4n) is 4.27. The predicted octanol–water partition coefficient (Wildman–Crippen LogP) is 3.08. The van der Waals surface area contributed by atoms with Gasteiger partial charge in [0.05, 0.1) is 6.54 Å². The van der Waals surface area contributed by atoms with Crippen LogP contribution in [0, 0.1) is 0 Å². The number of hydrogen-bond donors (Lipinski definition) is 1. The molecule has 1 aliphatic heterocycles. The number of hydrogen-bond acceptors (Lipinski definition) is 7. The summed E-state index contributed by atoms with van der Waals surface area (Å²) in [7, 11) is 0. The zero-order valence-electron chi connectivity index (χ0n) is 17.2. The molecule has 158 valence electrons. The Morgan fingerprint density at radius 1 is 1.17 bits per heavy atom. The third kappa shape index (κ3) is 4.08. The van der Waals surface area contributed by atoms with Crippen LogP contribution >= 0.6 is 0 Å². The number of carbonyl (C=O) groups excluding carboxylic acids is 2. The van der Waals surface area contributed by atoms with Crippen molar-refractivity contribution in [2.75, 3.05) is 17.2 Å². The number of nitrogen functional groups attached to an aromatic ring is 1. The first kappa shape index (κ1) is 20.1. The smallest absolute Gasteiger partial charge is 0.302 e. The average Bonchev–Trinajstić information content (AvgIpc) is 2.85. The van der Waals surface area contributed by atoms with Crippen LogP contribution in [0.5, 0.6) is 5.88 Å². The summed E-state index contributed by atoms with van der Waals surface area (Å²) in [5.74, 6) is 0.296. The third-order valence-electron chi connectivity index (χ3n) is 5.74. The van der Waals surface area contributed by atoms with Crippen molar-refractivity contribution in [2.45, 2.75) is 57.7 Å². The van der Waals surface area contributed by atoms with Crippen molar-refractivity contribution in [3.05, 3.63) is 41.7 Å². The van der Waals surface area contributed by atoms with Gasteiger partial charge in [0, 0.05) is 12.6 Å². The van der Waals surface area contributed by atoms with E-state index in [1.165, 1.54) is 18.8 Å². The normalized spacial score (nSPS) is 23.9. The lowest BCUT2D eigenvalue weighted by atomic mass is 9.82. The van der Waals surface area contributed by atoms with Gasteiger partial charge < -0.3 is 20.1 Å². The summed E-state index contributed by atoms with van der Waals surface area (Å²) in [4.78, 5) is 34.0. The number of aromatic nitrogens is 2. The van der Waals surface area contributed by atoms with Crippen LogP contribution < -0.4 is 15.4 Å². The summed E-state index contributed by atoms with van der Waals surface area (Å²) < 4.78 is 11.1. The summed E-state index contributed by atoms with van der Waals surface area (Å²) >= 11 is 0. The van der Waals surface area contributed by atoms with Gasteiger partial charge in [-0.1, -0.05) is 12.1 Å². The first-order valence-corrected chi connectivity index (χ1v) is 10.3. The van der Waals surface area contributed by atoms with E-state index >= 15 is 0 Å². The molecule has 1 saturated carbocycles. The van der Waals surface area contributed by atoms with Gasteiger partial charge in [0.2, 0.25) is 5.88 Å². The molecule has 0 unspecified atom stereocenters. The van der Waals surface area contributed by atoms with Crippen molar-refractivity contribution in [3.8, 4) is 5.88 Å². The fourth-order valence-corrected chi connectivity index (χ4v) is 4.27. The van der Waals surface area contributed by atoms with Gasteiger partial charge in [-0.25, -0.2) is 9.97 Å². The van der Waals surface area contributed by atoms with Gasteiger partial charge in [-0.15, -0.1) is 0 Å². The monoisotopic (exact) mass is 410 g/mol. The molecule has 1 amide bonds. The maximum absolute atomic E-state index is 13.2. The fraction of sp³-hybridized carbons (Fsp3) is 0.455. The van der Waals surface area contributed by atoms with Crippen molar-refractivity contribution < 1.29 is 19.1 Å². The molecule has 4 rings (SSSR count). The Balaban J connectivity index is 1.51. The summed E-state index contributed by atoms with van der Waals surface area (Å²) in [6.07, 6.45) is 4.80. The molecule has 2 aromatic rings. The van der Waals surface area contributed by atoms with Gasteiger partial charge in [-0.05, 0) is 56.2 Å². The molecule has 1 aromatic heterocycles. The van der Waals surface area contributed by atoms with Crippen LogP contribution in [-0.4, -0.2) is 40.6 Å². The lowest BCUT2D eigenvalue weighted by Gasteiger charge is -2.29. The Labute approximate surface area is 175 Å². The molecule has 8 nitrogen and oxygen atoms in total. The van der Waals surface area contributed by atoms with Crippen LogP contribution in [0.4, 0.5) is 11.5 Å². The van der Waals surface area contributed by atoms with Crippen molar-refractivity contribution in [3.63, 3.8) is 0 Å². The minimum atomic E-state index is -0.262. The van der Waals surface area contributed by atoms with Crippen LogP contribution in [0.25, 0.3) is 0 Å². The molecule has 2 aliphatic rings. The highest BCUT2D eigenvalue weighted by Gasteiger charge is 2.32. The first-order valence-electron chi connectivity index (χ1n) is 10.3. The number of ether oxygens (including phenoxy) is 2. The Morgan fingerprint density at radius 2 is 1.87 bits per heavy atom. The van der Waals surface area contributed by atoms with Gasteiger partial charge in [-0.3, -0.25) is 9.59 Å². The van der Waals surface area contributed by atoms with E-state index in [0.29, 0.717) is 12.5 Å². The third-order valence-corrected chi connectivity index (χ3v) is 5.74. The molecule has 0 saturated heterocycles. The lowest BCUT2D eigenvalue weighted by molar-refractivity contribution is -0.147. The molecule has 2 heterocycles. The molecule has 1 aromatic carbocycles. The molecule has 30 heavy (non-hydrogen) atoms. The molecule has 1 aliphatic carbocycles. The maximum atomic E-state index is 13.2. The average molecular weight is 410 g/mol. The van der Waals surface area contributed by atoms with Crippen molar-refractivity contribution in [1.82, 2.24) is 9.97 Å². The zero-order valence-corrected chi connectivity index (χ0v) is 17.2. The highest BCUT2D eigenvalue weighted by atomic mass is 16.5. The second kappa shape index (κ2) is 8.30. The van der Waals surface area contributed by atoms with E-state index in [2.05, 4.69) is 22.1 Å². The molecule has 0 spiro atoms. The first-order chi connectivity index (χ1) is 14.4.